The predicted molar refractivity (Wildman–Crippen MR) is 148 cm³/mol. The number of nitrogens with zero attached hydrogens (tertiary/aromatic N) is 3. The van der Waals surface area contributed by atoms with Gasteiger partial charge in [0.1, 0.15) is 5.75 Å². The second kappa shape index (κ2) is 12.9. The summed E-state index contributed by atoms with van der Waals surface area (Å²) in [7, 11) is 2.83. The molecule has 2 N–H and O–H groups in total. The molecule has 39 heavy (non-hydrogen) atoms. The lowest BCUT2D eigenvalue weighted by Crippen LogP contribution is -2.24. The highest BCUT2D eigenvalue weighted by Crippen LogP contribution is 2.26. The van der Waals surface area contributed by atoms with Crippen molar-refractivity contribution < 1.29 is 23.9 Å². The smallest absolute Gasteiger partial charge is 0.337 e. The van der Waals surface area contributed by atoms with E-state index >= 15 is 0 Å². The number of esters is 1. The molecule has 2 amide bonds. The SMILES string of the molecule is COC(=O)c1ccc(Cl)c(NC(=O)CSc2nnc(CNC(=O)c3ccc(OC)cc3)n2-c2ccccc2)c1. The van der Waals surface area contributed by atoms with Crippen LogP contribution in [0.5, 0.6) is 5.75 Å². The van der Waals surface area contributed by atoms with Gasteiger partial charge in [0, 0.05) is 11.3 Å². The zero-order valence-corrected chi connectivity index (χ0v) is 22.6. The molecule has 0 spiro atoms. The molecule has 0 bridgehead atoms. The molecule has 200 valence electrons. The molecule has 0 radical (unpaired) electrons. The van der Waals surface area contributed by atoms with Crippen molar-refractivity contribution in [3.63, 3.8) is 0 Å². The second-order valence-corrected chi connectivity index (χ2v) is 9.35. The Hall–Kier alpha value is -4.35. The lowest BCUT2D eigenvalue weighted by molar-refractivity contribution is -0.113. The third kappa shape index (κ3) is 6.95. The van der Waals surface area contributed by atoms with E-state index < -0.39 is 5.97 Å². The topological polar surface area (TPSA) is 124 Å². The standard InChI is InChI=1S/C27H24ClN5O5S/c1-37-20-11-8-17(9-12-20)25(35)29-15-23-31-32-27(33(23)19-6-4-3-5-7-19)39-16-24(34)30-22-14-18(26(36)38-2)10-13-21(22)28/h3-14H,15-16H2,1-2H3,(H,29,35)(H,30,34). The van der Waals surface area contributed by atoms with Gasteiger partial charge in [-0.05, 0) is 54.6 Å². The fourth-order valence-corrected chi connectivity index (χ4v) is 4.47. The predicted octanol–water partition coefficient (Wildman–Crippen LogP) is 4.38. The largest absolute Gasteiger partial charge is 0.497 e. The minimum Gasteiger partial charge on any atom is -0.497 e. The van der Waals surface area contributed by atoms with Crippen LogP contribution in [0.25, 0.3) is 5.69 Å². The molecule has 12 heteroatoms. The molecule has 0 unspecified atom stereocenters. The molecule has 0 aliphatic rings. The first kappa shape index (κ1) is 27.7. The maximum atomic E-state index is 12.7. The summed E-state index contributed by atoms with van der Waals surface area (Å²) in [5.74, 6) is -0.0543. The molecule has 1 heterocycles. The van der Waals surface area contributed by atoms with Crippen LogP contribution in [0.1, 0.15) is 26.5 Å². The molecule has 0 atom stereocenters. The van der Waals surface area contributed by atoms with Crippen molar-refractivity contribution in [2.24, 2.45) is 0 Å². The monoisotopic (exact) mass is 565 g/mol. The van der Waals surface area contributed by atoms with Crippen LogP contribution < -0.4 is 15.4 Å². The Balaban J connectivity index is 1.47. The normalized spacial score (nSPS) is 10.5. The Bertz CT molecular complexity index is 1480. The maximum Gasteiger partial charge on any atom is 0.337 e. The van der Waals surface area contributed by atoms with E-state index in [-0.39, 0.29) is 40.4 Å². The van der Waals surface area contributed by atoms with Gasteiger partial charge in [-0.2, -0.15) is 0 Å². The number of ether oxygens (including phenoxy) is 2. The molecule has 0 aliphatic heterocycles. The number of rotatable bonds is 10. The molecule has 0 saturated heterocycles. The van der Waals surface area contributed by atoms with Crippen molar-refractivity contribution in [3.8, 4) is 11.4 Å². The molecule has 0 saturated carbocycles. The Morgan fingerprint density at radius 3 is 2.36 bits per heavy atom. The molecule has 1 aromatic heterocycles. The molecular formula is C27H24ClN5O5S. The Kier molecular flexibility index (Phi) is 9.18. The van der Waals surface area contributed by atoms with Crippen LogP contribution >= 0.6 is 23.4 Å². The minimum absolute atomic E-state index is 0.0119. The van der Waals surface area contributed by atoms with Crippen molar-refractivity contribution in [2.75, 3.05) is 25.3 Å². The van der Waals surface area contributed by atoms with E-state index in [0.29, 0.717) is 22.3 Å². The van der Waals surface area contributed by atoms with Crippen LogP contribution in [-0.4, -0.2) is 52.5 Å². The number of hydrogen-bond acceptors (Lipinski definition) is 8. The second-order valence-electron chi connectivity index (χ2n) is 8.00. The van der Waals surface area contributed by atoms with Crippen LogP contribution in [0.3, 0.4) is 0 Å². The molecule has 0 fully saturated rings. The van der Waals surface area contributed by atoms with E-state index in [0.717, 1.165) is 17.4 Å². The number of benzene rings is 3. The summed E-state index contributed by atoms with van der Waals surface area (Å²) in [5.41, 5.74) is 1.79. The van der Waals surface area contributed by atoms with Crippen molar-refractivity contribution >= 4 is 46.8 Å². The summed E-state index contributed by atoms with van der Waals surface area (Å²) in [6.45, 7) is 0.107. The van der Waals surface area contributed by atoms with E-state index in [1.165, 1.54) is 25.3 Å². The van der Waals surface area contributed by atoms with Gasteiger partial charge < -0.3 is 20.1 Å². The van der Waals surface area contributed by atoms with Gasteiger partial charge in [-0.25, -0.2) is 4.79 Å². The number of carbonyl (C=O) groups is 3. The quantitative estimate of drug-likeness (QED) is 0.214. The number of hydrogen-bond donors (Lipinski definition) is 2. The molecule has 10 nitrogen and oxygen atoms in total. The van der Waals surface area contributed by atoms with Gasteiger partial charge >= 0.3 is 5.97 Å². The first-order chi connectivity index (χ1) is 18.9. The fourth-order valence-electron chi connectivity index (χ4n) is 3.53. The number of thioether (sulfide) groups is 1. The van der Waals surface area contributed by atoms with Crippen molar-refractivity contribution in [1.29, 1.82) is 0 Å². The zero-order chi connectivity index (χ0) is 27.8. The molecule has 3 aromatic carbocycles. The van der Waals surface area contributed by atoms with Crippen molar-refractivity contribution in [3.05, 3.63) is 94.8 Å². The van der Waals surface area contributed by atoms with Gasteiger partial charge in [-0.3, -0.25) is 14.2 Å². The number of anilines is 1. The number of halogens is 1. The highest BCUT2D eigenvalue weighted by Gasteiger charge is 2.18. The van der Waals surface area contributed by atoms with Gasteiger partial charge in [0.2, 0.25) is 5.91 Å². The Morgan fingerprint density at radius 2 is 1.67 bits per heavy atom. The average molecular weight is 566 g/mol. The third-order valence-corrected chi connectivity index (χ3v) is 6.73. The number of amides is 2. The fraction of sp³-hybridized carbons (Fsp3) is 0.148. The third-order valence-electron chi connectivity index (χ3n) is 5.47. The zero-order valence-electron chi connectivity index (χ0n) is 21.0. The van der Waals surface area contributed by atoms with Gasteiger partial charge in [0.05, 0.1) is 42.8 Å². The van der Waals surface area contributed by atoms with Crippen LogP contribution in [0.15, 0.2) is 78.0 Å². The minimum atomic E-state index is -0.542. The van der Waals surface area contributed by atoms with Crippen LogP contribution in [0, 0.1) is 0 Å². The number of nitrogens with one attached hydrogen (secondary N) is 2. The van der Waals surface area contributed by atoms with E-state index in [9.17, 15) is 14.4 Å². The lowest BCUT2D eigenvalue weighted by Gasteiger charge is -2.12. The number of para-hydroxylation sites is 1. The lowest BCUT2D eigenvalue weighted by atomic mass is 10.2. The van der Waals surface area contributed by atoms with E-state index in [1.807, 2.05) is 30.3 Å². The van der Waals surface area contributed by atoms with Gasteiger partial charge in [0.15, 0.2) is 11.0 Å². The first-order valence-electron chi connectivity index (χ1n) is 11.6. The van der Waals surface area contributed by atoms with Gasteiger partial charge in [0.25, 0.3) is 5.91 Å². The number of aromatic nitrogens is 3. The number of methoxy groups -OCH3 is 2. The Labute approximate surface area is 233 Å². The van der Waals surface area contributed by atoms with E-state index in [2.05, 4.69) is 20.8 Å². The summed E-state index contributed by atoms with van der Waals surface area (Å²) in [6.07, 6.45) is 0. The molecule has 4 aromatic rings. The van der Waals surface area contributed by atoms with Crippen molar-refractivity contribution in [1.82, 2.24) is 20.1 Å². The molecular weight excluding hydrogens is 542 g/mol. The first-order valence-corrected chi connectivity index (χ1v) is 13.0. The summed E-state index contributed by atoms with van der Waals surface area (Å²) >= 11 is 7.35. The summed E-state index contributed by atoms with van der Waals surface area (Å²) < 4.78 is 11.6. The highest BCUT2D eigenvalue weighted by atomic mass is 35.5. The summed E-state index contributed by atoms with van der Waals surface area (Å²) in [5, 5.41) is 14.8. The maximum absolute atomic E-state index is 12.7. The highest BCUT2D eigenvalue weighted by molar-refractivity contribution is 7.99. The van der Waals surface area contributed by atoms with Gasteiger partial charge in [-0.15, -0.1) is 10.2 Å². The molecule has 4 rings (SSSR count). The van der Waals surface area contributed by atoms with E-state index in [1.54, 1.807) is 35.9 Å². The average Bonchev–Trinajstić information content (AvgIpc) is 3.38. The summed E-state index contributed by atoms with van der Waals surface area (Å²) in [6, 6.07) is 20.6. The number of carbonyl (C=O) groups excluding carboxylic acids is 3. The van der Waals surface area contributed by atoms with Crippen LogP contribution in [-0.2, 0) is 16.1 Å². The summed E-state index contributed by atoms with van der Waals surface area (Å²) in [4.78, 5) is 37.2. The van der Waals surface area contributed by atoms with Crippen molar-refractivity contribution in [2.45, 2.75) is 11.7 Å². The van der Waals surface area contributed by atoms with Crippen LogP contribution in [0.4, 0.5) is 5.69 Å². The Morgan fingerprint density at radius 1 is 0.949 bits per heavy atom. The van der Waals surface area contributed by atoms with Crippen LogP contribution in [0.2, 0.25) is 5.02 Å². The van der Waals surface area contributed by atoms with E-state index in [4.69, 9.17) is 21.1 Å². The van der Waals surface area contributed by atoms with Gasteiger partial charge in [-0.1, -0.05) is 41.6 Å². The molecule has 0 aliphatic carbocycles.